The van der Waals surface area contributed by atoms with Crippen LogP contribution in [0.15, 0.2) is 23.2 Å². The Labute approximate surface area is 131 Å². The molecule has 1 aromatic carbocycles. The fourth-order valence-electron chi connectivity index (χ4n) is 2.76. The summed E-state index contributed by atoms with van der Waals surface area (Å²) in [5.41, 5.74) is 0.196. The van der Waals surface area contributed by atoms with Gasteiger partial charge in [0.1, 0.15) is 5.71 Å². The van der Waals surface area contributed by atoms with E-state index in [9.17, 15) is 19.5 Å². The zero-order valence-electron chi connectivity index (χ0n) is 11.6. The predicted molar refractivity (Wildman–Crippen MR) is 79.8 cm³/mol. The molecule has 1 N–H and O–H groups in total. The van der Waals surface area contributed by atoms with Gasteiger partial charge in [0.15, 0.2) is 11.7 Å². The minimum atomic E-state index is -1.55. The highest BCUT2D eigenvalue weighted by atomic mass is 35.5. The number of amides is 1. The lowest BCUT2D eigenvalue weighted by molar-refractivity contribution is -0.138. The number of Topliss-reactive ketones (excluding diaryl/α,β-unsaturated/α-hetero) is 1. The van der Waals surface area contributed by atoms with Crippen molar-refractivity contribution in [3.8, 4) is 0 Å². The summed E-state index contributed by atoms with van der Waals surface area (Å²) in [5.74, 6) is -4.03. The SMILES string of the molecule is O=C(O)C1C(=O)c2ccc(Cl)cc2N=C1C(=O)N1CCCC1. The predicted octanol–water partition coefficient (Wildman–Crippen LogP) is 1.93. The summed E-state index contributed by atoms with van der Waals surface area (Å²) in [7, 11) is 0. The van der Waals surface area contributed by atoms with Crippen molar-refractivity contribution in [3.63, 3.8) is 0 Å². The Morgan fingerprint density at radius 3 is 2.59 bits per heavy atom. The first-order valence-corrected chi connectivity index (χ1v) is 7.31. The lowest BCUT2D eigenvalue weighted by atomic mass is 9.88. The molecule has 2 heterocycles. The second-order valence-corrected chi connectivity index (χ2v) is 5.73. The van der Waals surface area contributed by atoms with E-state index in [1.807, 2.05) is 0 Å². The van der Waals surface area contributed by atoms with Gasteiger partial charge in [-0.15, -0.1) is 0 Å². The standard InChI is InChI=1S/C15H13ClN2O4/c16-8-3-4-9-10(7-8)17-12(11(13(9)19)15(21)22)14(20)18-5-1-2-6-18/h3-4,7,11H,1-2,5-6H2,(H,21,22). The highest BCUT2D eigenvalue weighted by molar-refractivity contribution is 6.50. The minimum Gasteiger partial charge on any atom is -0.480 e. The molecule has 1 saturated heterocycles. The topological polar surface area (TPSA) is 87.0 Å². The van der Waals surface area contributed by atoms with Crippen LogP contribution in [0.3, 0.4) is 0 Å². The van der Waals surface area contributed by atoms with Crippen LogP contribution in [0.25, 0.3) is 0 Å². The molecule has 2 aliphatic rings. The number of benzene rings is 1. The lowest BCUT2D eigenvalue weighted by Crippen LogP contribution is -2.44. The third-order valence-electron chi connectivity index (χ3n) is 3.86. The summed E-state index contributed by atoms with van der Waals surface area (Å²) < 4.78 is 0. The van der Waals surface area contributed by atoms with E-state index in [0.717, 1.165) is 12.8 Å². The van der Waals surface area contributed by atoms with Crippen LogP contribution in [0.1, 0.15) is 23.2 Å². The van der Waals surface area contributed by atoms with Crippen molar-refractivity contribution in [1.82, 2.24) is 4.90 Å². The molecule has 1 atom stereocenters. The van der Waals surface area contributed by atoms with E-state index in [0.29, 0.717) is 18.1 Å². The first-order chi connectivity index (χ1) is 10.5. The number of ketones is 1. The van der Waals surface area contributed by atoms with Gasteiger partial charge < -0.3 is 10.0 Å². The zero-order valence-corrected chi connectivity index (χ0v) is 12.3. The molecule has 0 spiro atoms. The maximum Gasteiger partial charge on any atom is 0.320 e. The minimum absolute atomic E-state index is 0.176. The summed E-state index contributed by atoms with van der Waals surface area (Å²) in [5, 5.41) is 9.72. The van der Waals surface area contributed by atoms with E-state index < -0.39 is 23.6 Å². The molecule has 1 amide bonds. The number of aliphatic imine (C=N–C) groups is 1. The number of rotatable bonds is 2. The van der Waals surface area contributed by atoms with Crippen molar-refractivity contribution in [1.29, 1.82) is 0 Å². The largest absolute Gasteiger partial charge is 0.480 e. The Hall–Kier alpha value is -2.21. The summed E-state index contributed by atoms with van der Waals surface area (Å²) in [6.07, 6.45) is 1.74. The molecule has 1 fully saturated rings. The number of carboxylic acids is 1. The molecule has 2 aliphatic heterocycles. The number of fused-ring (bicyclic) bond motifs is 1. The van der Waals surface area contributed by atoms with Crippen LogP contribution < -0.4 is 0 Å². The zero-order chi connectivity index (χ0) is 15.9. The Balaban J connectivity index is 2.09. The van der Waals surface area contributed by atoms with Crippen molar-refractivity contribution in [2.24, 2.45) is 10.9 Å². The van der Waals surface area contributed by atoms with Crippen LogP contribution in [-0.2, 0) is 9.59 Å². The lowest BCUT2D eigenvalue weighted by Gasteiger charge is -2.23. The first-order valence-electron chi connectivity index (χ1n) is 6.93. The van der Waals surface area contributed by atoms with Gasteiger partial charge in [-0.2, -0.15) is 0 Å². The Morgan fingerprint density at radius 1 is 1.27 bits per heavy atom. The maximum absolute atomic E-state index is 12.5. The molecular formula is C15H13ClN2O4. The number of carboxylic acid groups (broad SMARTS) is 1. The molecule has 0 aliphatic carbocycles. The smallest absolute Gasteiger partial charge is 0.320 e. The summed E-state index contributed by atoms with van der Waals surface area (Å²) in [6.45, 7) is 1.11. The molecule has 114 valence electrons. The van der Waals surface area contributed by atoms with Gasteiger partial charge in [-0.05, 0) is 31.0 Å². The molecule has 0 bridgehead atoms. The number of carbonyl (C=O) groups is 3. The third kappa shape index (κ3) is 2.39. The Kier molecular flexibility index (Phi) is 3.70. The van der Waals surface area contributed by atoms with Gasteiger partial charge in [-0.1, -0.05) is 11.6 Å². The maximum atomic E-state index is 12.5. The van der Waals surface area contributed by atoms with Crippen molar-refractivity contribution in [2.75, 3.05) is 13.1 Å². The van der Waals surface area contributed by atoms with E-state index >= 15 is 0 Å². The average Bonchev–Trinajstić information content (AvgIpc) is 2.99. The monoisotopic (exact) mass is 320 g/mol. The highest BCUT2D eigenvalue weighted by Crippen LogP contribution is 2.32. The molecule has 0 radical (unpaired) electrons. The normalized spacial score (nSPS) is 20.6. The van der Waals surface area contributed by atoms with Gasteiger partial charge >= 0.3 is 5.97 Å². The summed E-state index contributed by atoms with van der Waals surface area (Å²) in [4.78, 5) is 42.1. The van der Waals surface area contributed by atoms with Crippen molar-refractivity contribution < 1.29 is 19.5 Å². The molecule has 1 unspecified atom stereocenters. The van der Waals surface area contributed by atoms with Crippen LogP contribution in [0.2, 0.25) is 5.02 Å². The fourth-order valence-corrected chi connectivity index (χ4v) is 2.93. The van der Waals surface area contributed by atoms with Crippen molar-refractivity contribution in [2.45, 2.75) is 12.8 Å². The second kappa shape index (κ2) is 5.53. The first kappa shape index (κ1) is 14.7. The van der Waals surface area contributed by atoms with Gasteiger partial charge in [-0.25, -0.2) is 4.99 Å². The fraction of sp³-hybridized carbons (Fsp3) is 0.333. The van der Waals surface area contributed by atoms with Gasteiger partial charge in [0, 0.05) is 23.7 Å². The molecule has 0 aromatic heterocycles. The van der Waals surface area contributed by atoms with Gasteiger partial charge in [-0.3, -0.25) is 14.4 Å². The van der Waals surface area contributed by atoms with E-state index in [4.69, 9.17) is 11.6 Å². The third-order valence-corrected chi connectivity index (χ3v) is 4.10. The molecule has 3 rings (SSSR count). The summed E-state index contributed by atoms with van der Waals surface area (Å²) >= 11 is 5.89. The highest BCUT2D eigenvalue weighted by Gasteiger charge is 2.42. The van der Waals surface area contributed by atoms with E-state index in [2.05, 4.69) is 4.99 Å². The number of carbonyl (C=O) groups excluding carboxylic acids is 2. The average molecular weight is 321 g/mol. The van der Waals surface area contributed by atoms with Crippen molar-refractivity contribution >= 4 is 40.7 Å². The molecule has 0 saturated carbocycles. The Bertz CT molecular complexity index is 707. The Morgan fingerprint density at radius 2 is 1.95 bits per heavy atom. The molecule has 7 heteroatoms. The number of aliphatic carboxylic acids is 1. The van der Waals surface area contributed by atoms with Crippen LogP contribution in [0.5, 0.6) is 0 Å². The van der Waals surface area contributed by atoms with Crippen LogP contribution in [0.4, 0.5) is 5.69 Å². The van der Waals surface area contributed by atoms with Gasteiger partial charge in [0.05, 0.1) is 5.69 Å². The van der Waals surface area contributed by atoms with E-state index in [1.54, 1.807) is 0 Å². The van der Waals surface area contributed by atoms with Crippen LogP contribution >= 0.6 is 11.6 Å². The van der Waals surface area contributed by atoms with Gasteiger partial charge in [0.25, 0.3) is 5.91 Å². The van der Waals surface area contributed by atoms with Crippen LogP contribution in [-0.4, -0.2) is 46.5 Å². The number of hydrogen-bond donors (Lipinski definition) is 1. The molecular weight excluding hydrogens is 308 g/mol. The van der Waals surface area contributed by atoms with Crippen LogP contribution in [0, 0.1) is 5.92 Å². The molecule has 6 nitrogen and oxygen atoms in total. The molecule has 22 heavy (non-hydrogen) atoms. The number of likely N-dealkylation sites (tertiary alicyclic amines) is 1. The van der Waals surface area contributed by atoms with E-state index in [1.165, 1.54) is 23.1 Å². The quantitative estimate of drug-likeness (QED) is 0.843. The number of halogens is 1. The molecule has 1 aromatic rings. The van der Waals surface area contributed by atoms with Gasteiger partial charge in [0.2, 0.25) is 0 Å². The summed E-state index contributed by atoms with van der Waals surface area (Å²) in [6, 6.07) is 4.40. The second-order valence-electron chi connectivity index (χ2n) is 5.29. The van der Waals surface area contributed by atoms with E-state index in [-0.39, 0.29) is 17.0 Å². The number of nitrogens with zero attached hydrogens (tertiary/aromatic N) is 2. The number of hydrogen-bond acceptors (Lipinski definition) is 4. The van der Waals surface area contributed by atoms with Crippen molar-refractivity contribution in [3.05, 3.63) is 28.8 Å².